The quantitative estimate of drug-likeness (QED) is 0.459. The average molecular weight is 410 g/mol. The first kappa shape index (κ1) is 19.2. The number of amides is 1. The fourth-order valence-electron chi connectivity index (χ4n) is 3.00. The van der Waals surface area contributed by atoms with E-state index in [1.807, 2.05) is 48.5 Å². The third-order valence-electron chi connectivity index (χ3n) is 4.44. The Morgan fingerprint density at radius 3 is 2.76 bits per heavy atom. The molecule has 0 aliphatic carbocycles. The van der Waals surface area contributed by atoms with Crippen LogP contribution in [0.5, 0.6) is 11.5 Å². The molecule has 3 N–H and O–H groups in total. The molecule has 2 heterocycles. The Labute approximate surface area is 173 Å². The summed E-state index contributed by atoms with van der Waals surface area (Å²) in [5.74, 6) is 7.71. The van der Waals surface area contributed by atoms with Gasteiger partial charge in [-0.2, -0.15) is 0 Å². The Balaban J connectivity index is 1.25. The van der Waals surface area contributed by atoms with Crippen molar-refractivity contribution in [2.45, 2.75) is 11.6 Å². The topological polar surface area (TPSA) is 91.4 Å². The van der Waals surface area contributed by atoms with E-state index in [0.29, 0.717) is 24.9 Å². The molecule has 1 aliphatic rings. The fraction of sp³-hybridized carbons (Fsp3) is 0.238. The van der Waals surface area contributed by atoms with Crippen LogP contribution in [0.2, 0.25) is 0 Å². The molecule has 3 aromatic rings. The molecule has 150 valence electrons. The molecule has 1 aromatic heterocycles. The van der Waals surface area contributed by atoms with Gasteiger partial charge in [0, 0.05) is 12.1 Å². The van der Waals surface area contributed by atoms with Gasteiger partial charge in [-0.3, -0.25) is 4.79 Å². The molecule has 4 rings (SSSR count). The number of carbonyl (C=O) groups excluding carboxylic acids is 1. The zero-order valence-corrected chi connectivity index (χ0v) is 16.7. The number of ether oxygens (including phenoxy) is 2. The summed E-state index contributed by atoms with van der Waals surface area (Å²) < 4.78 is 12.6. The van der Waals surface area contributed by atoms with E-state index in [0.717, 1.165) is 34.7 Å². The van der Waals surface area contributed by atoms with E-state index in [1.54, 1.807) is 6.20 Å². The lowest BCUT2D eigenvalue weighted by Gasteiger charge is -2.18. The number of hydrogen-bond acceptors (Lipinski definition) is 6. The number of nitrogens with one attached hydrogen (secondary N) is 1. The maximum Gasteiger partial charge on any atom is 0.230 e. The zero-order valence-electron chi connectivity index (χ0n) is 15.8. The fourth-order valence-corrected chi connectivity index (χ4v) is 3.73. The molecule has 0 saturated carbocycles. The number of aromatic nitrogens is 2. The van der Waals surface area contributed by atoms with Crippen LogP contribution in [-0.4, -0.2) is 41.1 Å². The minimum atomic E-state index is -0.0585. The smallest absolute Gasteiger partial charge is 0.230 e. The first-order valence-corrected chi connectivity index (χ1v) is 10.4. The first-order valence-electron chi connectivity index (χ1n) is 9.37. The standard InChI is InChI=1S/C21H22N4O3S/c22-25-13-17(16-4-2-1-3-5-16)24-21(25)29-14-20(26)23-9-8-15-6-7-18-19(12-15)28-11-10-27-18/h1-7,12-13H,8-11,14,22H2,(H,23,26). The van der Waals surface area contributed by atoms with E-state index in [4.69, 9.17) is 15.3 Å². The van der Waals surface area contributed by atoms with Crippen LogP contribution in [0.25, 0.3) is 11.3 Å². The molecule has 29 heavy (non-hydrogen) atoms. The Bertz CT molecular complexity index is 991. The van der Waals surface area contributed by atoms with Crippen molar-refractivity contribution in [3.05, 3.63) is 60.3 Å². The summed E-state index contributed by atoms with van der Waals surface area (Å²) in [7, 11) is 0. The summed E-state index contributed by atoms with van der Waals surface area (Å²) in [6.07, 6.45) is 2.48. The van der Waals surface area contributed by atoms with E-state index in [9.17, 15) is 4.79 Å². The van der Waals surface area contributed by atoms with Crippen LogP contribution < -0.4 is 20.6 Å². The number of thioether (sulfide) groups is 1. The Morgan fingerprint density at radius 1 is 1.14 bits per heavy atom. The molecule has 0 atom stereocenters. The largest absolute Gasteiger partial charge is 0.486 e. The lowest BCUT2D eigenvalue weighted by atomic mass is 10.1. The highest BCUT2D eigenvalue weighted by atomic mass is 32.2. The van der Waals surface area contributed by atoms with Crippen molar-refractivity contribution in [3.8, 4) is 22.8 Å². The van der Waals surface area contributed by atoms with Gasteiger partial charge in [-0.05, 0) is 24.1 Å². The molecule has 0 spiro atoms. The maximum atomic E-state index is 12.2. The number of hydrogen-bond donors (Lipinski definition) is 2. The van der Waals surface area contributed by atoms with Gasteiger partial charge in [0.1, 0.15) is 13.2 Å². The Hall–Kier alpha value is -3.13. The Morgan fingerprint density at radius 2 is 1.93 bits per heavy atom. The second-order valence-corrected chi connectivity index (χ2v) is 7.49. The summed E-state index contributed by atoms with van der Waals surface area (Å²) in [5.41, 5.74) is 2.87. The molecule has 1 amide bonds. The van der Waals surface area contributed by atoms with Gasteiger partial charge in [-0.1, -0.05) is 48.2 Å². The molecular formula is C21H22N4O3S. The SMILES string of the molecule is Nn1cc(-c2ccccc2)nc1SCC(=O)NCCc1ccc2c(c1)OCCO2. The van der Waals surface area contributed by atoms with Gasteiger partial charge in [-0.25, -0.2) is 9.66 Å². The van der Waals surface area contributed by atoms with E-state index >= 15 is 0 Å². The van der Waals surface area contributed by atoms with Gasteiger partial charge in [0.2, 0.25) is 5.91 Å². The summed E-state index contributed by atoms with van der Waals surface area (Å²) in [6, 6.07) is 15.7. The second-order valence-electron chi connectivity index (χ2n) is 6.55. The predicted octanol–water partition coefficient (Wildman–Crippen LogP) is 2.49. The summed E-state index contributed by atoms with van der Waals surface area (Å²) in [5, 5.41) is 3.53. The summed E-state index contributed by atoms with van der Waals surface area (Å²) in [6.45, 7) is 1.69. The normalized spacial score (nSPS) is 12.6. The third-order valence-corrected chi connectivity index (χ3v) is 5.41. The molecule has 7 nitrogen and oxygen atoms in total. The molecule has 0 fully saturated rings. The van der Waals surface area contributed by atoms with Gasteiger partial charge in [0.25, 0.3) is 0 Å². The number of benzene rings is 2. The predicted molar refractivity (Wildman–Crippen MR) is 113 cm³/mol. The molecule has 8 heteroatoms. The lowest BCUT2D eigenvalue weighted by molar-refractivity contribution is -0.118. The molecular weight excluding hydrogens is 388 g/mol. The average Bonchev–Trinajstić information content (AvgIpc) is 3.13. The van der Waals surface area contributed by atoms with Crippen molar-refractivity contribution in [3.63, 3.8) is 0 Å². The summed E-state index contributed by atoms with van der Waals surface area (Å²) >= 11 is 1.31. The number of carbonyl (C=O) groups is 1. The van der Waals surface area contributed by atoms with Crippen molar-refractivity contribution in [1.82, 2.24) is 15.0 Å². The molecule has 2 aromatic carbocycles. The third kappa shape index (κ3) is 4.83. The van der Waals surface area contributed by atoms with E-state index in [-0.39, 0.29) is 11.7 Å². The lowest BCUT2D eigenvalue weighted by Crippen LogP contribution is -2.27. The highest BCUT2D eigenvalue weighted by molar-refractivity contribution is 7.99. The number of nitrogens with zero attached hydrogens (tertiary/aromatic N) is 2. The molecule has 0 saturated heterocycles. The number of imidazole rings is 1. The van der Waals surface area contributed by atoms with Crippen LogP contribution in [0.1, 0.15) is 5.56 Å². The van der Waals surface area contributed by atoms with Crippen molar-refractivity contribution < 1.29 is 14.3 Å². The van der Waals surface area contributed by atoms with Crippen LogP contribution >= 0.6 is 11.8 Å². The molecule has 0 radical (unpaired) electrons. The van der Waals surface area contributed by atoms with Crippen molar-refractivity contribution in [2.24, 2.45) is 0 Å². The monoisotopic (exact) mass is 410 g/mol. The molecule has 1 aliphatic heterocycles. The minimum absolute atomic E-state index is 0.0585. The number of fused-ring (bicyclic) bond motifs is 1. The van der Waals surface area contributed by atoms with Gasteiger partial charge < -0.3 is 20.6 Å². The van der Waals surface area contributed by atoms with Gasteiger partial charge >= 0.3 is 0 Å². The van der Waals surface area contributed by atoms with Crippen molar-refractivity contribution >= 4 is 17.7 Å². The van der Waals surface area contributed by atoms with Crippen LogP contribution in [0.3, 0.4) is 0 Å². The van der Waals surface area contributed by atoms with E-state index in [2.05, 4.69) is 10.3 Å². The van der Waals surface area contributed by atoms with E-state index < -0.39 is 0 Å². The van der Waals surface area contributed by atoms with E-state index in [1.165, 1.54) is 16.4 Å². The second kappa shape index (κ2) is 8.91. The van der Waals surface area contributed by atoms with Gasteiger partial charge in [0.15, 0.2) is 16.7 Å². The van der Waals surface area contributed by atoms with Gasteiger partial charge in [-0.15, -0.1) is 0 Å². The number of nitrogens with two attached hydrogens (primary N) is 1. The number of nitrogen functional groups attached to an aromatic ring is 1. The van der Waals surface area contributed by atoms with Crippen LogP contribution in [0, 0.1) is 0 Å². The zero-order chi connectivity index (χ0) is 20.1. The summed E-state index contributed by atoms with van der Waals surface area (Å²) in [4.78, 5) is 16.7. The Kier molecular flexibility index (Phi) is 5.90. The first-order chi connectivity index (χ1) is 14.2. The molecule has 0 bridgehead atoms. The van der Waals surface area contributed by atoms with Crippen LogP contribution in [0.15, 0.2) is 59.9 Å². The maximum absolute atomic E-state index is 12.2. The van der Waals surface area contributed by atoms with Gasteiger partial charge in [0.05, 0.1) is 17.6 Å². The minimum Gasteiger partial charge on any atom is -0.486 e. The van der Waals surface area contributed by atoms with Crippen molar-refractivity contribution in [1.29, 1.82) is 0 Å². The van der Waals surface area contributed by atoms with Crippen molar-refractivity contribution in [2.75, 3.05) is 31.4 Å². The number of rotatable bonds is 7. The van der Waals surface area contributed by atoms with Crippen LogP contribution in [-0.2, 0) is 11.2 Å². The molecule has 0 unspecified atom stereocenters. The highest BCUT2D eigenvalue weighted by Gasteiger charge is 2.13. The van der Waals surface area contributed by atoms with Crippen LogP contribution in [0.4, 0.5) is 0 Å². The highest BCUT2D eigenvalue weighted by Crippen LogP contribution is 2.30.